The molecule has 2 atom stereocenters. The van der Waals surface area contributed by atoms with Gasteiger partial charge in [-0.2, -0.15) is 0 Å². The van der Waals surface area contributed by atoms with Gasteiger partial charge in [-0.3, -0.25) is 0 Å². The molecule has 20 heavy (non-hydrogen) atoms. The van der Waals surface area contributed by atoms with E-state index < -0.39 is 0 Å². The minimum atomic E-state index is -0.0227. The van der Waals surface area contributed by atoms with Crippen LogP contribution in [0, 0.1) is 0 Å². The maximum atomic E-state index is 6.17. The van der Waals surface area contributed by atoms with Crippen molar-refractivity contribution in [2.75, 3.05) is 7.05 Å². The molecule has 0 heterocycles. The van der Waals surface area contributed by atoms with E-state index in [1.165, 1.54) is 16.7 Å². The van der Waals surface area contributed by atoms with Crippen LogP contribution in [0.2, 0.25) is 10.0 Å². The number of hydrogen-bond donors (Lipinski definition) is 1. The highest BCUT2D eigenvalue weighted by Gasteiger charge is 2.41. The van der Waals surface area contributed by atoms with Gasteiger partial charge in [-0.1, -0.05) is 76.1 Å². The van der Waals surface area contributed by atoms with E-state index in [0.29, 0.717) is 16.0 Å². The maximum Gasteiger partial charge on any atom is 0.0969 e. The SMILES string of the molecule is CNC1(I)CC(c2ccc(Cl)c(Cl)c2)c2ccccc21. The predicted molar refractivity (Wildman–Crippen MR) is 94.1 cm³/mol. The average Bonchev–Trinajstić information content (AvgIpc) is 2.77. The average molecular weight is 418 g/mol. The third-order valence-electron chi connectivity index (χ3n) is 3.99. The van der Waals surface area contributed by atoms with Crippen LogP contribution in [-0.4, -0.2) is 7.05 Å². The fourth-order valence-corrected chi connectivity index (χ4v) is 4.16. The molecule has 3 rings (SSSR count). The van der Waals surface area contributed by atoms with E-state index in [2.05, 4.69) is 58.2 Å². The van der Waals surface area contributed by atoms with Crippen molar-refractivity contribution in [3.8, 4) is 0 Å². The van der Waals surface area contributed by atoms with Crippen molar-refractivity contribution in [3.63, 3.8) is 0 Å². The molecule has 1 N–H and O–H groups in total. The molecule has 0 saturated heterocycles. The quantitative estimate of drug-likeness (QED) is 0.395. The van der Waals surface area contributed by atoms with E-state index in [1.807, 2.05) is 19.2 Å². The molecule has 0 aromatic heterocycles. The minimum Gasteiger partial charge on any atom is -0.302 e. The third-order valence-corrected chi connectivity index (χ3v) is 6.29. The predicted octanol–water partition coefficient (Wildman–Crippen LogP) is 5.34. The first-order chi connectivity index (χ1) is 9.55. The van der Waals surface area contributed by atoms with Crippen molar-refractivity contribution in [3.05, 3.63) is 69.2 Å². The molecular formula is C16H14Cl2IN. The summed E-state index contributed by atoms with van der Waals surface area (Å²) in [5.74, 6) is 0.352. The summed E-state index contributed by atoms with van der Waals surface area (Å²) < 4.78 is -0.0227. The zero-order valence-corrected chi connectivity index (χ0v) is 14.6. The van der Waals surface area contributed by atoms with Crippen molar-refractivity contribution in [2.24, 2.45) is 0 Å². The largest absolute Gasteiger partial charge is 0.302 e. The number of rotatable bonds is 2. The number of hydrogen-bond acceptors (Lipinski definition) is 1. The Hall–Kier alpha value is -0.290. The summed E-state index contributed by atoms with van der Waals surface area (Å²) in [6.45, 7) is 0. The van der Waals surface area contributed by atoms with Gasteiger partial charge in [0.05, 0.1) is 13.6 Å². The van der Waals surface area contributed by atoms with E-state index in [9.17, 15) is 0 Å². The van der Waals surface area contributed by atoms with E-state index in [4.69, 9.17) is 23.2 Å². The van der Waals surface area contributed by atoms with Crippen molar-refractivity contribution in [1.29, 1.82) is 0 Å². The second-order valence-electron chi connectivity index (χ2n) is 5.07. The monoisotopic (exact) mass is 417 g/mol. The first-order valence-corrected chi connectivity index (χ1v) is 8.31. The number of fused-ring (bicyclic) bond motifs is 1. The molecule has 0 aliphatic heterocycles. The Bertz CT molecular complexity index is 659. The van der Waals surface area contributed by atoms with Crippen LogP contribution in [0.4, 0.5) is 0 Å². The summed E-state index contributed by atoms with van der Waals surface area (Å²) in [5, 5.41) is 4.68. The lowest BCUT2D eigenvalue weighted by Gasteiger charge is -2.23. The lowest BCUT2D eigenvalue weighted by molar-refractivity contribution is 0.538. The molecule has 0 amide bonds. The van der Waals surface area contributed by atoms with Gasteiger partial charge in [-0.25, -0.2) is 0 Å². The fourth-order valence-electron chi connectivity index (χ4n) is 2.93. The second-order valence-corrected chi connectivity index (χ2v) is 7.72. The van der Waals surface area contributed by atoms with Crippen LogP contribution in [0.15, 0.2) is 42.5 Å². The third kappa shape index (κ3) is 2.37. The van der Waals surface area contributed by atoms with Crippen LogP contribution >= 0.6 is 45.8 Å². The van der Waals surface area contributed by atoms with E-state index in [0.717, 1.165) is 6.42 Å². The summed E-state index contributed by atoms with van der Waals surface area (Å²) in [7, 11) is 2.01. The normalized spacial score (nSPS) is 24.7. The number of nitrogens with one attached hydrogen (secondary N) is 1. The van der Waals surface area contributed by atoms with Crippen molar-refractivity contribution in [1.82, 2.24) is 5.32 Å². The summed E-state index contributed by atoms with van der Waals surface area (Å²) >= 11 is 14.7. The van der Waals surface area contributed by atoms with Crippen LogP contribution in [-0.2, 0) is 3.55 Å². The molecule has 0 saturated carbocycles. The first kappa shape index (κ1) is 14.6. The lowest BCUT2D eigenvalue weighted by atomic mass is 9.93. The zero-order valence-electron chi connectivity index (χ0n) is 11.0. The van der Waals surface area contributed by atoms with E-state index >= 15 is 0 Å². The molecule has 0 spiro atoms. The smallest absolute Gasteiger partial charge is 0.0969 e. The highest BCUT2D eigenvalue weighted by atomic mass is 127. The molecule has 2 aromatic rings. The summed E-state index contributed by atoms with van der Waals surface area (Å²) in [5.41, 5.74) is 3.95. The van der Waals surface area contributed by atoms with Crippen LogP contribution in [0.5, 0.6) is 0 Å². The number of alkyl halides is 1. The Balaban J connectivity index is 2.10. The highest BCUT2D eigenvalue weighted by Crippen LogP contribution is 2.51. The van der Waals surface area contributed by atoms with Crippen molar-refractivity contribution < 1.29 is 0 Å². The fraction of sp³-hybridized carbons (Fsp3) is 0.250. The van der Waals surface area contributed by atoms with Crippen molar-refractivity contribution >= 4 is 45.8 Å². The Morgan fingerprint density at radius 2 is 1.90 bits per heavy atom. The molecule has 0 bridgehead atoms. The number of halogens is 3. The maximum absolute atomic E-state index is 6.17. The van der Waals surface area contributed by atoms with Crippen LogP contribution < -0.4 is 5.32 Å². The first-order valence-electron chi connectivity index (χ1n) is 6.47. The highest BCUT2D eigenvalue weighted by molar-refractivity contribution is 14.1. The topological polar surface area (TPSA) is 12.0 Å². The van der Waals surface area contributed by atoms with Gasteiger partial charge in [0.2, 0.25) is 0 Å². The minimum absolute atomic E-state index is 0.0227. The molecule has 2 unspecified atom stereocenters. The molecule has 1 nitrogen and oxygen atoms in total. The standard InChI is InChI=1S/C16H14Cl2IN/c1-20-16(19)9-12(11-4-2-3-5-13(11)16)10-6-7-14(17)15(18)8-10/h2-8,12,20H,9H2,1H3. The van der Waals surface area contributed by atoms with Gasteiger partial charge in [-0.15, -0.1) is 0 Å². The molecule has 1 aliphatic carbocycles. The summed E-state index contributed by atoms with van der Waals surface area (Å²) in [6.07, 6.45) is 1.02. The van der Waals surface area contributed by atoms with Gasteiger partial charge in [0.1, 0.15) is 0 Å². The molecule has 2 aromatic carbocycles. The lowest BCUT2D eigenvalue weighted by Crippen LogP contribution is -2.30. The van der Waals surface area contributed by atoms with Gasteiger partial charge >= 0.3 is 0 Å². The zero-order chi connectivity index (χ0) is 14.3. The Morgan fingerprint density at radius 1 is 1.15 bits per heavy atom. The van der Waals surface area contributed by atoms with Crippen LogP contribution in [0.25, 0.3) is 0 Å². The Morgan fingerprint density at radius 3 is 2.60 bits per heavy atom. The Kier molecular flexibility index (Phi) is 4.01. The van der Waals surface area contributed by atoms with E-state index in [1.54, 1.807) is 0 Å². The summed E-state index contributed by atoms with van der Waals surface area (Å²) in [4.78, 5) is 0. The van der Waals surface area contributed by atoms with Crippen LogP contribution in [0.3, 0.4) is 0 Å². The van der Waals surface area contributed by atoms with Gasteiger partial charge < -0.3 is 5.32 Å². The second kappa shape index (κ2) is 5.48. The molecule has 1 aliphatic rings. The van der Waals surface area contributed by atoms with Crippen molar-refractivity contribution in [2.45, 2.75) is 15.9 Å². The molecule has 104 valence electrons. The van der Waals surface area contributed by atoms with Gasteiger partial charge in [0, 0.05) is 5.92 Å². The van der Waals surface area contributed by atoms with Crippen LogP contribution in [0.1, 0.15) is 29.0 Å². The molecule has 0 fully saturated rings. The number of benzene rings is 2. The molecule has 4 heteroatoms. The van der Waals surface area contributed by atoms with Gasteiger partial charge in [0.15, 0.2) is 0 Å². The van der Waals surface area contributed by atoms with Gasteiger partial charge in [0.25, 0.3) is 0 Å². The van der Waals surface area contributed by atoms with Gasteiger partial charge in [-0.05, 0) is 42.3 Å². The summed E-state index contributed by atoms with van der Waals surface area (Å²) in [6, 6.07) is 14.6. The van der Waals surface area contributed by atoms with E-state index in [-0.39, 0.29) is 3.55 Å². The Labute approximate surface area is 142 Å². The molecular weight excluding hydrogens is 404 g/mol. The molecule has 0 radical (unpaired) electrons.